The molecule has 0 amide bonds. The van der Waals surface area contributed by atoms with Gasteiger partial charge < -0.3 is 5.73 Å². The van der Waals surface area contributed by atoms with Crippen molar-refractivity contribution in [2.45, 2.75) is 32.7 Å². The van der Waals surface area contributed by atoms with Crippen LogP contribution in [0.5, 0.6) is 0 Å². The maximum atomic E-state index is 14.1. The quantitative estimate of drug-likeness (QED) is 0.871. The van der Waals surface area contributed by atoms with Crippen LogP contribution >= 0.6 is 0 Å². The average Bonchev–Trinajstić information content (AvgIpc) is 2.41. The molecule has 2 heteroatoms. The van der Waals surface area contributed by atoms with Gasteiger partial charge in [-0.15, -0.1) is 0 Å². The number of halogens is 1. The summed E-state index contributed by atoms with van der Waals surface area (Å²) in [5.74, 6) is 0.281. The summed E-state index contributed by atoms with van der Waals surface area (Å²) in [6.45, 7) is 6.05. The van der Waals surface area contributed by atoms with E-state index in [-0.39, 0.29) is 5.82 Å². The number of rotatable bonds is 3. The molecular weight excluding hydrogens is 237 g/mol. The van der Waals surface area contributed by atoms with Crippen molar-refractivity contribution < 1.29 is 4.39 Å². The van der Waals surface area contributed by atoms with Gasteiger partial charge in [0.05, 0.1) is 6.04 Å². The maximum absolute atomic E-state index is 14.1. The van der Waals surface area contributed by atoms with E-state index >= 15 is 0 Å². The van der Waals surface area contributed by atoms with Gasteiger partial charge in [0.2, 0.25) is 0 Å². The molecule has 0 radical (unpaired) electrons. The Morgan fingerprint density at radius 3 is 2.11 bits per heavy atom. The molecule has 0 spiro atoms. The van der Waals surface area contributed by atoms with Gasteiger partial charge in [0.1, 0.15) is 5.82 Å². The second-order valence-electron chi connectivity index (χ2n) is 5.28. The molecule has 2 aromatic carbocycles. The van der Waals surface area contributed by atoms with E-state index < -0.39 is 6.04 Å². The van der Waals surface area contributed by atoms with Crippen molar-refractivity contribution in [3.63, 3.8) is 0 Å². The molecule has 19 heavy (non-hydrogen) atoms. The summed E-state index contributed by atoms with van der Waals surface area (Å²) in [6.07, 6.45) is 0. The van der Waals surface area contributed by atoms with Gasteiger partial charge >= 0.3 is 0 Å². The third kappa shape index (κ3) is 2.85. The first-order valence-corrected chi connectivity index (χ1v) is 6.61. The van der Waals surface area contributed by atoms with Crippen LogP contribution in [0.3, 0.4) is 0 Å². The Labute approximate surface area is 114 Å². The molecule has 0 saturated heterocycles. The molecule has 2 aromatic rings. The molecule has 0 aliphatic heterocycles. The van der Waals surface area contributed by atoms with E-state index in [0.29, 0.717) is 17.0 Å². The predicted molar refractivity (Wildman–Crippen MR) is 77.7 cm³/mol. The van der Waals surface area contributed by atoms with E-state index in [0.717, 1.165) is 5.56 Å². The fourth-order valence-corrected chi connectivity index (χ4v) is 2.18. The normalized spacial score (nSPS) is 12.7. The highest BCUT2D eigenvalue weighted by atomic mass is 19.1. The van der Waals surface area contributed by atoms with E-state index in [1.807, 2.05) is 18.2 Å². The summed E-state index contributed by atoms with van der Waals surface area (Å²) in [4.78, 5) is 0. The lowest BCUT2D eigenvalue weighted by Crippen LogP contribution is -2.14. The van der Waals surface area contributed by atoms with E-state index in [2.05, 4.69) is 26.0 Å². The van der Waals surface area contributed by atoms with Crippen LogP contribution in [0.15, 0.2) is 42.5 Å². The van der Waals surface area contributed by atoms with E-state index in [1.54, 1.807) is 19.1 Å². The Kier molecular flexibility index (Phi) is 4.01. The van der Waals surface area contributed by atoms with Gasteiger partial charge in [0.15, 0.2) is 0 Å². The number of benzene rings is 2. The van der Waals surface area contributed by atoms with Crippen LogP contribution in [-0.4, -0.2) is 0 Å². The zero-order valence-corrected chi connectivity index (χ0v) is 11.7. The largest absolute Gasteiger partial charge is 0.320 e. The van der Waals surface area contributed by atoms with Crippen LogP contribution in [0.25, 0.3) is 0 Å². The molecule has 100 valence electrons. The molecule has 1 nitrogen and oxygen atoms in total. The summed E-state index contributed by atoms with van der Waals surface area (Å²) in [6, 6.07) is 13.0. The van der Waals surface area contributed by atoms with Crippen LogP contribution in [0.1, 0.15) is 48.1 Å². The topological polar surface area (TPSA) is 26.0 Å². The number of hydrogen-bond acceptors (Lipinski definition) is 1. The monoisotopic (exact) mass is 257 g/mol. The first-order valence-electron chi connectivity index (χ1n) is 6.61. The standard InChI is InChI=1S/C17H20FN/c1-11(2)13-7-9-14(10-8-13)17(19)15-6-4-5-12(3)16(15)18/h4-11,17H,19H2,1-3H3. The molecule has 2 rings (SSSR count). The number of nitrogens with two attached hydrogens (primary N) is 1. The molecule has 2 N–H and O–H groups in total. The first-order chi connectivity index (χ1) is 9.00. The molecule has 0 heterocycles. The molecular formula is C17H20FN. The lowest BCUT2D eigenvalue weighted by molar-refractivity contribution is 0.591. The molecule has 0 fully saturated rings. The summed E-state index contributed by atoms with van der Waals surface area (Å²) in [7, 11) is 0. The zero-order chi connectivity index (χ0) is 14.0. The maximum Gasteiger partial charge on any atom is 0.131 e. The lowest BCUT2D eigenvalue weighted by Gasteiger charge is -2.15. The summed E-state index contributed by atoms with van der Waals surface area (Å²) in [5.41, 5.74) is 9.56. The molecule has 0 aliphatic carbocycles. The highest BCUT2D eigenvalue weighted by molar-refractivity contribution is 5.36. The Bertz CT molecular complexity index is 558. The second-order valence-corrected chi connectivity index (χ2v) is 5.28. The third-order valence-electron chi connectivity index (χ3n) is 3.52. The average molecular weight is 257 g/mol. The van der Waals surface area contributed by atoms with Crippen molar-refractivity contribution in [2.24, 2.45) is 5.73 Å². The fraction of sp³-hybridized carbons (Fsp3) is 0.294. The lowest BCUT2D eigenvalue weighted by atomic mass is 9.95. The van der Waals surface area contributed by atoms with Gasteiger partial charge in [0, 0.05) is 5.56 Å². The number of hydrogen-bond donors (Lipinski definition) is 1. The van der Waals surface area contributed by atoms with Crippen molar-refractivity contribution in [2.75, 3.05) is 0 Å². The fourth-order valence-electron chi connectivity index (χ4n) is 2.18. The molecule has 0 bridgehead atoms. The van der Waals surface area contributed by atoms with Crippen LogP contribution < -0.4 is 5.73 Å². The Morgan fingerprint density at radius 2 is 1.53 bits per heavy atom. The van der Waals surface area contributed by atoms with Crippen LogP contribution in [0.2, 0.25) is 0 Å². The summed E-state index contributed by atoms with van der Waals surface area (Å²) in [5, 5.41) is 0. The second kappa shape index (κ2) is 5.54. The minimum absolute atomic E-state index is 0.206. The van der Waals surface area contributed by atoms with Gasteiger partial charge in [-0.25, -0.2) is 4.39 Å². The Balaban J connectivity index is 2.33. The first kappa shape index (κ1) is 13.8. The van der Waals surface area contributed by atoms with Crippen molar-refractivity contribution >= 4 is 0 Å². The molecule has 1 unspecified atom stereocenters. The van der Waals surface area contributed by atoms with Crippen molar-refractivity contribution in [3.05, 3.63) is 70.5 Å². The van der Waals surface area contributed by atoms with Gasteiger partial charge in [0.25, 0.3) is 0 Å². The summed E-state index contributed by atoms with van der Waals surface area (Å²) < 4.78 is 14.1. The van der Waals surface area contributed by atoms with Gasteiger partial charge in [-0.1, -0.05) is 56.3 Å². The Hall–Kier alpha value is -1.67. The van der Waals surface area contributed by atoms with E-state index in [4.69, 9.17) is 5.73 Å². The van der Waals surface area contributed by atoms with E-state index in [9.17, 15) is 4.39 Å². The molecule has 0 aromatic heterocycles. The van der Waals surface area contributed by atoms with Crippen molar-refractivity contribution in [3.8, 4) is 0 Å². The van der Waals surface area contributed by atoms with Crippen molar-refractivity contribution in [1.82, 2.24) is 0 Å². The highest BCUT2D eigenvalue weighted by Crippen LogP contribution is 2.25. The van der Waals surface area contributed by atoms with Crippen LogP contribution in [0.4, 0.5) is 4.39 Å². The molecule has 1 atom stereocenters. The van der Waals surface area contributed by atoms with Crippen LogP contribution in [0, 0.1) is 12.7 Å². The number of aryl methyl sites for hydroxylation is 1. The third-order valence-corrected chi connectivity index (χ3v) is 3.52. The van der Waals surface area contributed by atoms with Crippen LogP contribution in [-0.2, 0) is 0 Å². The minimum Gasteiger partial charge on any atom is -0.320 e. The van der Waals surface area contributed by atoms with Crippen molar-refractivity contribution in [1.29, 1.82) is 0 Å². The zero-order valence-electron chi connectivity index (χ0n) is 11.7. The smallest absolute Gasteiger partial charge is 0.131 e. The molecule has 0 saturated carbocycles. The Morgan fingerprint density at radius 1 is 0.947 bits per heavy atom. The highest BCUT2D eigenvalue weighted by Gasteiger charge is 2.14. The summed E-state index contributed by atoms with van der Waals surface area (Å²) >= 11 is 0. The minimum atomic E-state index is -0.416. The van der Waals surface area contributed by atoms with Gasteiger partial charge in [-0.3, -0.25) is 0 Å². The SMILES string of the molecule is Cc1cccc(C(N)c2ccc(C(C)C)cc2)c1F. The van der Waals surface area contributed by atoms with Gasteiger partial charge in [-0.2, -0.15) is 0 Å². The van der Waals surface area contributed by atoms with E-state index in [1.165, 1.54) is 5.56 Å². The predicted octanol–water partition coefficient (Wildman–Crippen LogP) is 4.31. The molecule has 0 aliphatic rings. The van der Waals surface area contributed by atoms with Gasteiger partial charge in [-0.05, 0) is 29.5 Å².